The predicted molar refractivity (Wildman–Crippen MR) is 83.8 cm³/mol. The van der Waals surface area contributed by atoms with Crippen molar-refractivity contribution in [2.75, 3.05) is 22.6 Å². The van der Waals surface area contributed by atoms with Gasteiger partial charge in [-0.1, -0.05) is 13.0 Å². The maximum Gasteiger partial charge on any atom is 0.338 e. The van der Waals surface area contributed by atoms with Gasteiger partial charge < -0.3 is 10.4 Å². The SMILES string of the molecule is CCSc1cccc(NC2CCSCC2)c1C(=O)O. The molecule has 0 bridgehead atoms. The summed E-state index contributed by atoms with van der Waals surface area (Å²) < 4.78 is 0. The number of carboxylic acid groups (broad SMARTS) is 1. The Morgan fingerprint density at radius 1 is 1.47 bits per heavy atom. The summed E-state index contributed by atoms with van der Waals surface area (Å²) in [6.45, 7) is 2.04. The van der Waals surface area contributed by atoms with Gasteiger partial charge in [0.2, 0.25) is 0 Å². The van der Waals surface area contributed by atoms with Crippen molar-refractivity contribution in [2.24, 2.45) is 0 Å². The van der Waals surface area contributed by atoms with E-state index < -0.39 is 5.97 Å². The van der Waals surface area contributed by atoms with Gasteiger partial charge in [0.15, 0.2) is 0 Å². The second-order valence-electron chi connectivity index (χ2n) is 4.45. The van der Waals surface area contributed by atoms with E-state index in [2.05, 4.69) is 5.32 Å². The smallest absolute Gasteiger partial charge is 0.338 e. The molecule has 3 nitrogen and oxygen atoms in total. The lowest BCUT2D eigenvalue weighted by molar-refractivity contribution is 0.0694. The van der Waals surface area contributed by atoms with Crippen molar-refractivity contribution < 1.29 is 9.90 Å². The Hall–Kier alpha value is -0.810. The van der Waals surface area contributed by atoms with Crippen LogP contribution in [-0.2, 0) is 0 Å². The first-order valence-corrected chi connectivity index (χ1v) is 8.69. The van der Waals surface area contributed by atoms with E-state index in [4.69, 9.17) is 0 Å². The Labute approximate surface area is 122 Å². The number of carbonyl (C=O) groups is 1. The Morgan fingerprint density at radius 3 is 2.84 bits per heavy atom. The van der Waals surface area contributed by atoms with Crippen LogP contribution < -0.4 is 5.32 Å². The van der Waals surface area contributed by atoms with Crippen LogP contribution in [0.25, 0.3) is 0 Å². The number of hydrogen-bond donors (Lipinski definition) is 2. The normalized spacial score (nSPS) is 16.3. The maximum absolute atomic E-state index is 11.5. The van der Waals surface area contributed by atoms with Crippen LogP contribution in [0.5, 0.6) is 0 Å². The molecule has 1 saturated heterocycles. The third kappa shape index (κ3) is 3.83. The van der Waals surface area contributed by atoms with Crippen LogP contribution in [0, 0.1) is 0 Å². The predicted octanol–water partition coefficient (Wildman–Crippen LogP) is 3.80. The lowest BCUT2D eigenvalue weighted by atomic mass is 10.1. The molecule has 5 heteroatoms. The van der Waals surface area contributed by atoms with Gasteiger partial charge in [-0.25, -0.2) is 4.79 Å². The molecule has 2 rings (SSSR count). The molecule has 0 aliphatic carbocycles. The topological polar surface area (TPSA) is 49.3 Å². The quantitative estimate of drug-likeness (QED) is 0.810. The highest BCUT2D eigenvalue weighted by Crippen LogP contribution is 2.30. The first kappa shape index (κ1) is 14.6. The van der Waals surface area contributed by atoms with E-state index >= 15 is 0 Å². The summed E-state index contributed by atoms with van der Waals surface area (Å²) in [5.41, 5.74) is 1.19. The third-order valence-corrected chi connectivity index (χ3v) is 5.11. The summed E-state index contributed by atoms with van der Waals surface area (Å²) in [7, 11) is 0. The molecule has 0 amide bonds. The van der Waals surface area contributed by atoms with Gasteiger partial charge in [0.25, 0.3) is 0 Å². The van der Waals surface area contributed by atoms with Crippen molar-refractivity contribution in [1.82, 2.24) is 0 Å². The molecule has 104 valence electrons. The molecule has 0 radical (unpaired) electrons. The van der Waals surface area contributed by atoms with Gasteiger partial charge in [0.05, 0.1) is 11.3 Å². The molecule has 1 heterocycles. The number of carboxylic acids is 1. The van der Waals surface area contributed by atoms with E-state index in [1.807, 2.05) is 36.9 Å². The molecule has 0 atom stereocenters. The summed E-state index contributed by atoms with van der Waals surface area (Å²) >= 11 is 3.55. The first-order valence-electron chi connectivity index (χ1n) is 6.55. The minimum Gasteiger partial charge on any atom is -0.478 e. The number of rotatable bonds is 5. The first-order chi connectivity index (χ1) is 9.22. The van der Waals surface area contributed by atoms with Gasteiger partial charge in [-0.2, -0.15) is 11.8 Å². The Morgan fingerprint density at radius 2 is 2.21 bits per heavy atom. The van der Waals surface area contributed by atoms with Gasteiger partial charge in [0.1, 0.15) is 0 Å². The minimum absolute atomic E-state index is 0.404. The highest BCUT2D eigenvalue weighted by molar-refractivity contribution is 7.99. The average molecular weight is 297 g/mol. The zero-order valence-electron chi connectivity index (χ0n) is 11.0. The van der Waals surface area contributed by atoms with E-state index in [0.29, 0.717) is 11.6 Å². The van der Waals surface area contributed by atoms with Crippen LogP contribution in [0.4, 0.5) is 5.69 Å². The number of thioether (sulfide) groups is 2. The lowest BCUT2D eigenvalue weighted by Crippen LogP contribution is -2.25. The molecule has 0 saturated carbocycles. The highest BCUT2D eigenvalue weighted by atomic mass is 32.2. The third-order valence-electron chi connectivity index (χ3n) is 3.12. The second kappa shape index (κ2) is 7.10. The number of nitrogens with one attached hydrogen (secondary N) is 1. The van der Waals surface area contributed by atoms with Crippen molar-refractivity contribution in [1.29, 1.82) is 0 Å². The second-order valence-corrected chi connectivity index (χ2v) is 6.98. The van der Waals surface area contributed by atoms with Crippen molar-refractivity contribution >= 4 is 35.2 Å². The molecule has 1 aromatic carbocycles. The van der Waals surface area contributed by atoms with Crippen LogP contribution in [0.15, 0.2) is 23.1 Å². The highest BCUT2D eigenvalue weighted by Gasteiger charge is 2.19. The van der Waals surface area contributed by atoms with Crippen LogP contribution in [0.2, 0.25) is 0 Å². The summed E-state index contributed by atoms with van der Waals surface area (Å²) in [5.74, 6) is 2.35. The maximum atomic E-state index is 11.5. The van der Waals surface area contributed by atoms with Crippen molar-refractivity contribution in [3.63, 3.8) is 0 Å². The molecule has 0 unspecified atom stereocenters. The van der Waals surface area contributed by atoms with Gasteiger partial charge in [-0.15, -0.1) is 11.8 Å². The van der Waals surface area contributed by atoms with E-state index in [1.165, 1.54) is 0 Å². The zero-order valence-corrected chi connectivity index (χ0v) is 12.6. The molecular formula is C14H19NO2S2. The average Bonchev–Trinajstić information content (AvgIpc) is 2.40. The fourth-order valence-corrected chi connectivity index (χ4v) is 4.14. The van der Waals surface area contributed by atoms with Crippen molar-refractivity contribution in [3.05, 3.63) is 23.8 Å². The van der Waals surface area contributed by atoms with E-state index in [9.17, 15) is 9.90 Å². The molecule has 1 fully saturated rings. The molecule has 2 N–H and O–H groups in total. The summed E-state index contributed by atoms with van der Waals surface area (Å²) in [5, 5.41) is 12.9. The largest absolute Gasteiger partial charge is 0.478 e. The van der Waals surface area contributed by atoms with Gasteiger partial charge in [-0.05, 0) is 42.2 Å². The van der Waals surface area contributed by atoms with Crippen LogP contribution in [0.3, 0.4) is 0 Å². The van der Waals surface area contributed by atoms with Crippen LogP contribution >= 0.6 is 23.5 Å². The molecule has 0 aromatic heterocycles. The monoisotopic (exact) mass is 297 g/mol. The fraction of sp³-hybridized carbons (Fsp3) is 0.500. The standard InChI is InChI=1S/C14H19NO2S2/c1-2-19-12-5-3-4-11(13(12)14(16)17)15-10-6-8-18-9-7-10/h3-5,10,15H,2,6-9H2,1H3,(H,16,17). The summed E-state index contributed by atoms with van der Waals surface area (Å²) in [6, 6.07) is 6.11. The van der Waals surface area contributed by atoms with E-state index in [1.54, 1.807) is 11.8 Å². The van der Waals surface area contributed by atoms with Crippen LogP contribution in [0.1, 0.15) is 30.1 Å². The number of aromatic carboxylic acids is 1. The van der Waals surface area contributed by atoms with Gasteiger partial charge >= 0.3 is 5.97 Å². The number of anilines is 1. The van der Waals surface area contributed by atoms with Crippen molar-refractivity contribution in [2.45, 2.75) is 30.7 Å². The minimum atomic E-state index is -0.843. The molecule has 1 aliphatic heterocycles. The Kier molecular flexibility index (Phi) is 5.45. The Bertz CT molecular complexity index is 445. The van der Waals surface area contributed by atoms with E-state index in [0.717, 1.165) is 40.7 Å². The van der Waals surface area contributed by atoms with Gasteiger partial charge in [0, 0.05) is 10.9 Å². The molecule has 1 aromatic rings. The van der Waals surface area contributed by atoms with Gasteiger partial charge in [-0.3, -0.25) is 0 Å². The molecule has 19 heavy (non-hydrogen) atoms. The molecular weight excluding hydrogens is 278 g/mol. The zero-order chi connectivity index (χ0) is 13.7. The fourth-order valence-electron chi connectivity index (χ4n) is 2.21. The summed E-state index contributed by atoms with van der Waals surface area (Å²) in [4.78, 5) is 12.4. The van der Waals surface area contributed by atoms with Crippen LogP contribution in [-0.4, -0.2) is 34.4 Å². The molecule has 1 aliphatic rings. The summed E-state index contributed by atoms with van der Waals surface area (Å²) in [6.07, 6.45) is 2.21. The number of benzene rings is 1. The lowest BCUT2D eigenvalue weighted by Gasteiger charge is -2.25. The Balaban J connectivity index is 2.22. The number of hydrogen-bond acceptors (Lipinski definition) is 4. The van der Waals surface area contributed by atoms with Crippen molar-refractivity contribution in [3.8, 4) is 0 Å². The van der Waals surface area contributed by atoms with E-state index in [-0.39, 0.29) is 0 Å². The molecule has 0 spiro atoms.